The first kappa shape index (κ1) is 21.1. The largest absolute Gasteiger partial charge is 0.252 e. The van der Waals surface area contributed by atoms with Crippen LogP contribution in [0.15, 0.2) is 30.9 Å². The van der Waals surface area contributed by atoms with Gasteiger partial charge in [0.2, 0.25) is 0 Å². The van der Waals surface area contributed by atoms with Gasteiger partial charge in [0.05, 0.1) is 23.5 Å². The number of aryl methyl sites for hydroxylation is 3. The van der Waals surface area contributed by atoms with E-state index in [-0.39, 0.29) is 0 Å². The maximum atomic E-state index is 4.38. The molecule has 0 aliphatic rings. The lowest BCUT2D eigenvalue weighted by molar-refractivity contribution is -0.670. The fourth-order valence-corrected chi connectivity index (χ4v) is 3.48. The van der Waals surface area contributed by atoms with Crippen molar-refractivity contribution in [2.24, 2.45) is 7.05 Å². The lowest BCUT2D eigenvalue weighted by Gasteiger charge is -2.00. The maximum absolute atomic E-state index is 4.38. The van der Waals surface area contributed by atoms with Crippen LogP contribution >= 0.6 is 0 Å². The topological polar surface area (TPSA) is 65.3 Å². The lowest BCUT2D eigenvalue weighted by atomic mass is 10.1. The normalized spacial score (nSPS) is 11.3. The van der Waals surface area contributed by atoms with Gasteiger partial charge in [0.1, 0.15) is 18.4 Å². The van der Waals surface area contributed by atoms with Gasteiger partial charge in [-0.05, 0) is 18.9 Å². The zero-order chi connectivity index (χ0) is 20.5. The first-order chi connectivity index (χ1) is 14.2. The highest BCUT2D eigenvalue weighted by atomic mass is 15.4. The Morgan fingerprint density at radius 3 is 1.66 bits per heavy atom. The van der Waals surface area contributed by atoms with Crippen molar-refractivity contribution in [1.82, 2.24) is 30.0 Å². The van der Waals surface area contributed by atoms with Crippen LogP contribution in [0.5, 0.6) is 0 Å². The van der Waals surface area contributed by atoms with Crippen molar-refractivity contribution < 1.29 is 4.57 Å². The molecule has 0 bridgehead atoms. The molecule has 7 nitrogen and oxygen atoms in total. The molecule has 0 aliphatic carbocycles. The molecule has 29 heavy (non-hydrogen) atoms. The molecule has 0 unspecified atom stereocenters. The van der Waals surface area contributed by atoms with Crippen molar-refractivity contribution >= 4 is 0 Å². The van der Waals surface area contributed by atoms with Gasteiger partial charge in [-0.15, -0.1) is 10.2 Å². The van der Waals surface area contributed by atoms with E-state index in [0.29, 0.717) is 0 Å². The second kappa shape index (κ2) is 10.8. The van der Waals surface area contributed by atoms with Gasteiger partial charge in [-0.3, -0.25) is 9.36 Å². The first-order valence-electron chi connectivity index (χ1n) is 11.0. The second-order valence-electron chi connectivity index (χ2n) is 7.83. The van der Waals surface area contributed by atoms with Gasteiger partial charge in [-0.1, -0.05) is 62.8 Å². The summed E-state index contributed by atoms with van der Waals surface area (Å²) in [5, 5.41) is 17.4. The molecule has 0 fully saturated rings. The number of nitrogens with zero attached hydrogens (tertiary/aromatic N) is 7. The molecule has 3 rings (SSSR count). The summed E-state index contributed by atoms with van der Waals surface area (Å²) in [6.45, 7) is 6.30. The highest BCUT2D eigenvalue weighted by Gasteiger charge is 2.14. The Kier molecular flexibility index (Phi) is 7.90. The Labute approximate surface area is 173 Å². The Hall–Kier alpha value is -2.57. The third-order valence-corrected chi connectivity index (χ3v) is 5.15. The van der Waals surface area contributed by atoms with Gasteiger partial charge < -0.3 is 0 Å². The monoisotopic (exact) mass is 396 g/mol. The maximum Gasteiger partial charge on any atom is 0.178 e. The molecule has 0 aromatic carbocycles. The molecule has 3 aromatic heterocycles. The summed E-state index contributed by atoms with van der Waals surface area (Å²) in [6, 6.07) is 2.12. The minimum absolute atomic E-state index is 0.893. The first-order valence-corrected chi connectivity index (χ1v) is 11.0. The average molecular weight is 397 g/mol. The van der Waals surface area contributed by atoms with Crippen molar-refractivity contribution in [1.29, 1.82) is 0 Å². The van der Waals surface area contributed by atoms with E-state index in [1.807, 2.05) is 33.4 Å². The second-order valence-corrected chi connectivity index (χ2v) is 7.83. The SMILES string of the molecule is CCCCCCn1cc(-c2cc(-c3cn(CCCCCC)nn3)c[n+](C)c2)nn1. The molecule has 7 heteroatoms. The van der Waals surface area contributed by atoms with Gasteiger partial charge in [0.25, 0.3) is 0 Å². The van der Waals surface area contributed by atoms with E-state index in [4.69, 9.17) is 0 Å². The number of rotatable bonds is 12. The number of hydrogen-bond donors (Lipinski definition) is 0. The molecule has 0 saturated heterocycles. The smallest absolute Gasteiger partial charge is 0.178 e. The minimum atomic E-state index is 0.893. The summed E-state index contributed by atoms with van der Waals surface area (Å²) >= 11 is 0. The van der Waals surface area contributed by atoms with E-state index in [0.717, 1.165) is 48.4 Å². The minimum Gasteiger partial charge on any atom is -0.252 e. The van der Waals surface area contributed by atoms with E-state index >= 15 is 0 Å². The summed E-state index contributed by atoms with van der Waals surface area (Å²) in [7, 11) is 2.03. The number of pyridine rings is 1. The van der Waals surface area contributed by atoms with E-state index in [1.54, 1.807) is 0 Å². The molecule has 0 saturated carbocycles. The van der Waals surface area contributed by atoms with Crippen LogP contribution in [-0.4, -0.2) is 30.0 Å². The van der Waals surface area contributed by atoms with Crippen molar-refractivity contribution in [3.8, 4) is 22.5 Å². The molecule has 0 spiro atoms. The highest BCUT2D eigenvalue weighted by Crippen LogP contribution is 2.22. The van der Waals surface area contributed by atoms with E-state index in [2.05, 4.69) is 52.9 Å². The Bertz CT molecular complexity index is 812. The van der Waals surface area contributed by atoms with Crippen molar-refractivity contribution in [3.63, 3.8) is 0 Å². The third kappa shape index (κ3) is 6.21. The molecule has 3 heterocycles. The summed E-state index contributed by atoms with van der Waals surface area (Å²) in [5.41, 5.74) is 3.87. The highest BCUT2D eigenvalue weighted by molar-refractivity contribution is 5.65. The molecular weight excluding hydrogens is 362 g/mol. The zero-order valence-corrected chi connectivity index (χ0v) is 18.1. The Balaban J connectivity index is 1.69. The quantitative estimate of drug-likeness (QED) is 0.340. The molecule has 0 amide bonds. The summed E-state index contributed by atoms with van der Waals surface area (Å²) < 4.78 is 5.94. The van der Waals surface area contributed by atoms with Crippen molar-refractivity contribution in [2.45, 2.75) is 78.3 Å². The molecule has 3 aromatic rings. The molecule has 0 N–H and O–H groups in total. The van der Waals surface area contributed by atoms with Crippen molar-refractivity contribution in [3.05, 3.63) is 30.9 Å². The van der Waals surface area contributed by atoms with Gasteiger partial charge in [-0.25, -0.2) is 4.57 Å². The van der Waals surface area contributed by atoms with Crippen LogP contribution in [0.1, 0.15) is 65.2 Å². The van der Waals surface area contributed by atoms with Crippen LogP contribution < -0.4 is 4.57 Å². The van der Waals surface area contributed by atoms with Gasteiger partial charge >= 0.3 is 0 Å². The van der Waals surface area contributed by atoms with Crippen LogP contribution in [-0.2, 0) is 20.1 Å². The summed E-state index contributed by atoms with van der Waals surface area (Å²) in [4.78, 5) is 0. The van der Waals surface area contributed by atoms with Gasteiger partial charge in [0, 0.05) is 13.1 Å². The Morgan fingerprint density at radius 1 is 0.724 bits per heavy atom. The van der Waals surface area contributed by atoms with Crippen molar-refractivity contribution in [2.75, 3.05) is 0 Å². The van der Waals surface area contributed by atoms with Crippen LogP contribution in [0.25, 0.3) is 22.5 Å². The van der Waals surface area contributed by atoms with Gasteiger partial charge in [-0.2, -0.15) is 0 Å². The number of aromatic nitrogens is 7. The molecule has 0 radical (unpaired) electrons. The molecule has 156 valence electrons. The fourth-order valence-electron chi connectivity index (χ4n) is 3.48. The average Bonchev–Trinajstić information content (AvgIpc) is 3.38. The standard InChI is InChI=1S/C22H34N7/c1-4-6-8-10-12-28-17-21(23-25-28)19-14-20(16-27(3)15-19)22-18-29(26-24-22)13-11-9-7-5-2/h14-18H,4-13H2,1-3H3/q+1. The lowest BCUT2D eigenvalue weighted by Crippen LogP contribution is -2.27. The third-order valence-electron chi connectivity index (χ3n) is 5.15. The summed E-state index contributed by atoms with van der Waals surface area (Å²) in [5.74, 6) is 0. The van der Waals surface area contributed by atoms with E-state index < -0.39 is 0 Å². The number of unbranched alkanes of at least 4 members (excludes halogenated alkanes) is 6. The van der Waals surface area contributed by atoms with E-state index in [9.17, 15) is 0 Å². The molecule has 0 aliphatic heterocycles. The molecular formula is C22H34N7+. The van der Waals surface area contributed by atoms with E-state index in [1.165, 1.54) is 38.5 Å². The van der Waals surface area contributed by atoms with Crippen LogP contribution in [0.3, 0.4) is 0 Å². The van der Waals surface area contributed by atoms with Crippen LogP contribution in [0.4, 0.5) is 0 Å². The van der Waals surface area contributed by atoms with Crippen LogP contribution in [0.2, 0.25) is 0 Å². The van der Waals surface area contributed by atoms with Gasteiger partial charge in [0.15, 0.2) is 12.4 Å². The number of hydrogen-bond acceptors (Lipinski definition) is 4. The molecule has 0 atom stereocenters. The predicted molar refractivity (Wildman–Crippen MR) is 114 cm³/mol. The predicted octanol–water partition coefficient (Wildman–Crippen LogP) is 4.19. The summed E-state index contributed by atoms with van der Waals surface area (Å²) in [6.07, 6.45) is 18.0. The fraction of sp³-hybridized carbons (Fsp3) is 0.591. The Morgan fingerprint density at radius 2 is 1.21 bits per heavy atom. The van der Waals surface area contributed by atoms with Crippen LogP contribution in [0, 0.1) is 0 Å². The zero-order valence-electron chi connectivity index (χ0n) is 18.1.